The summed E-state index contributed by atoms with van der Waals surface area (Å²) in [5.41, 5.74) is 0. The molecular weight excluding hydrogens is 176 g/mol. The van der Waals surface area contributed by atoms with Crippen LogP contribution in [0, 0.1) is 0 Å². The number of ether oxygens (including phenoxy) is 1. The van der Waals surface area contributed by atoms with Gasteiger partial charge in [-0.2, -0.15) is 0 Å². The van der Waals surface area contributed by atoms with Gasteiger partial charge in [-0.15, -0.1) is 0 Å². The van der Waals surface area contributed by atoms with Crippen LogP contribution in [-0.4, -0.2) is 31.2 Å². The van der Waals surface area contributed by atoms with Crippen LogP contribution in [0.3, 0.4) is 0 Å². The molecule has 0 aromatic carbocycles. The van der Waals surface area contributed by atoms with Gasteiger partial charge in [-0.25, -0.2) is 8.78 Å². The van der Waals surface area contributed by atoms with Gasteiger partial charge in [0.05, 0.1) is 12.1 Å². The van der Waals surface area contributed by atoms with Crippen LogP contribution < -0.4 is 5.32 Å². The molecule has 1 fully saturated rings. The van der Waals surface area contributed by atoms with E-state index in [1.807, 2.05) is 6.92 Å². The van der Waals surface area contributed by atoms with E-state index in [1.54, 1.807) is 0 Å². The van der Waals surface area contributed by atoms with Gasteiger partial charge < -0.3 is 10.1 Å². The number of hydrogen-bond donors (Lipinski definition) is 1. The second-order valence-electron chi connectivity index (χ2n) is 3.69. The third kappa shape index (κ3) is 3.56. The number of alkyl halides is 2. The lowest BCUT2D eigenvalue weighted by Crippen LogP contribution is -2.45. The quantitative estimate of drug-likeness (QED) is 0.738. The fourth-order valence-corrected chi connectivity index (χ4v) is 1.59. The Hall–Kier alpha value is -0.220. The minimum absolute atomic E-state index is 0.188. The van der Waals surface area contributed by atoms with E-state index < -0.39 is 12.5 Å². The number of halogens is 2. The van der Waals surface area contributed by atoms with E-state index in [2.05, 4.69) is 5.32 Å². The van der Waals surface area contributed by atoms with Gasteiger partial charge in [-0.05, 0) is 26.7 Å². The van der Waals surface area contributed by atoms with Crippen molar-refractivity contribution in [3.05, 3.63) is 0 Å². The summed E-state index contributed by atoms with van der Waals surface area (Å²) in [5, 5.41) is 2.92. The van der Waals surface area contributed by atoms with Gasteiger partial charge in [-0.1, -0.05) is 0 Å². The lowest BCUT2D eigenvalue weighted by Gasteiger charge is -2.30. The Morgan fingerprint density at radius 2 is 2.15 bits per heavy atom. The van der Waals surface area contributed by atoms with Crippen molar-refractivity contribution in [1.82, 2.24) is 5.32 Å². The maximum absolute atomic E-state index is 12.2. The van der Waals surface area contributed by atoms with E-state index in [4.69, 9.17) is 4.74 Å². The first kappa shape index (κ1) is 10.9. The Labute approximate surface area is 77.6 Å². The SMILES string of the molecule is CC1CC(NC(C)C(F)F)CCO1. The topological polar surface area (TPSA) is 21.3 Å². The van der Waals surface area contributed by atoms with E-state index in [-0.39, 0.29) is 12.1 Å². The first-order valence-electron chi connectivity index (χ1n) is 4.75. The Balaban J connectivity index is 2.27. The van der Waals surface area contributed by atoms with Crippen molar-refractivity contribution in [3.63, 3.8) is 0 Å². The molecule has 0 aromatic heterocycles. The van der Waals surface area contributed by atoms with Crippen LogP contribution in [0.15, 0.2) is 0 Å². The first-order valence-corrected chi connectivity index (χ1v) is 4.75. The highest BCUT2D eigenvalue weighted by Gasteiger charge is 2.23. The van der Waals surface area contributed by atoms with Crippen molar-refractivity contribution in [3.8, 4) is 0 Å². The Morgan fingerprint density at radius 3 is 2.69 bits per heavy atom. The Morgan fingerprint density at radius 1 is 1.46 bits per heavy atom. The van der Waals surface area contributed by atoms with E-state index in [0.29, 0.717) is 6.61 Å². The second-order valence-corrected chi connectivity index (χ2v) is 3.69. The molecule has 13 heavy (non-hydrogen) atoms. The molecule has 0 radical (unpaired) electrons. The molecule has 0 amide bonds. The summed E-state index contributed by atoms with van der Waals surface area (Å²) in [6.45, 7) is 4.17. The number of nitrogens with one attached hydrogen (secondary N) is 1. The molecule has 78 valence electrons. The molecule has 4 heteroatoms. The Bertz CT molecular complexity index is 155. The molecule has 0 bridgehead atoms. The van der Waals surface area contributed by atoms with Gasteiger partial charge in [0, 0.05) is 12.6 Å². The van der Waals surface area contributed by atoms with E-state index in [1.165, 1.54) is 6.92 Å². The van der Waals surface area contributed by atoms with Gasteiger partial charge in [0.1, 0.15) is 0 Å². The lowest BCUT2D eigenvalue weighted by atomic mass is 10.0. The van der Waals surface area contributed by atoms with E-state index in [0.717, 1.165) is 12.8 Å². The molecule has 1 aliphatic heterocycles. The van der Waals surface area contributed by atoms with Crippen LogP contribution in [0.2, 0.25) is 0 Å². The highest BCUT2D eigenvalue weighted by Crippen LogP contribution is 2.14. The normalized spacial score (nSPS) is 32.1. The summed E-state index contributed by atoms with van der Waals surface area (Å²) in [6.07, 6.45) is -0.423. The van der Waals surface area contributed by atoms with Gasteiger partial charge in [0.2, 0.25) is 0 Å². The van der Waals surface area contributed by atoms with Crippen molar-refractivity contribution in [2.75, 3.05) is 6.61 Å². The molecule has 0 spiro atoms. The van der Waals surface area contributed by atoms with Crippen LogP contribution in [0.1, 0.15) is 26.7 Å². The minimum atomic E-state index is -2.28. The molecular formula is C9H17F2NO. The van der Waals surface area contributed by atoms with Crippen LogP contribution >= 0.6 is 0 Å². The molecule has 1 aliphatic rings. The van der Waals surface area contributed by atoms with Gasteiger partial charge in [0.25, 0.3) is 6.43 Å². The summed E-state index contributed by atoms with van der Waals surface area (Å²) in [5.74, 6) is 0. The minimum Gasteiger partial charge on any atom is -0.378 e. The zero-order chi connectivity index (χ0) is 9.84. The summed E-state index contributed by atoms with van der Waals surface area (Å²) in [6, 6.07) is -0.525. The first-order chi connectivity index (χ1) is 6.09. The van der Waals surface area contributed by atoms with Gasteiger partial charge in [-0.3, -0.25) is 0 Å². The summed E-state index contributed by atoms with van der Waals surface area (Å²) >= 11 is 0. The predicted octanol–water partition coefficient (Wildman–Crippen LogP) is 1.80. The summed E-state index contributed by atoms with van der Waals surface area (Å²) < 4.78 is 29.7. The average molecular weight is 193 g/mol. The van der Waals surface area contributed by atoms with Crippen molar-refractivity contribution in [2.24, 2.45) is 0 Å². The summed E-state index contributed by atoms with van der Waals surface area (Å²) in [7, 11) is 0. The van der Waals surface area contributed by atoms with E-state index in [9.17, 15) is 8.78 Å². The second kappa shape index (κ2) is 4.86. The number of rotatable bonds is 3. The van der Waals surface area contributed by atoms with Crippen molar-refractivity contribution in [2.45, 2.75) is 51.3 Å². The highest BCUT2D eigenvalue weighted by atomic mass is 19.3. The lowest BCUT2D eigenvalue weighted by molar-refractivity contribution is 0.00445. The summed E-state index contributed by atoms with van der Waals surface area (Å²) in [4.78, 5) is 0. The molecule has 0 aromatic rings. The standard InChI is InChI=1S/C9H17F2NO/c1-6-5-8(3-4-13-6)12-7(2)9(10)11/h6-9,12H,3-5H2,1-2H3. The van der Waals surface area contributed by atoms with Crippen LogP contribution in [-0.2, 0) is 4.74 Å². The Kier molecular flexibility index (Phi) is 4.06. The molecule has 0 aliphatic carbocycles. The zero-order valence-corrected chi connectivity index (χ0v) is 8.09. The van der Waals surface area contributed by atoms with E-state index >= 15 is 0 Å². The zero-order valence-electron chi connectivity index (χ0n) is 8.09. The third-order valence-electron chi connectivity index (χ3n) is 2.36. The monoisotopic (exact) mass is 193 g/mol. The molecule has 1 heterocycles. The van der Waals surface area contributed by atoms with Crippen molar-refractivity contribution >= 4 is 0 Å². The molecule has 3 atom stereocenters. The van der Waals surface area contributed by atoms with Crippen molar-refractivity contribution < 1.29 is 13.5 Å². The van der Waals surface area contributed by atoms with Crippen LogP contribution in [0.5, 0.6) is 0 Å². The molecule has 1 rings (SSSR count). The fourth-order valence-electron chi connectivity index (χ4n) is 1.59. The number of hydrogen-bond acceptors (Lipinski definition) is 2. The molecule has 2 nitrogen and oxygen atoms in total. The maximum Gasteiger partial charge on any atom is 0.253 e. The van der Waals surface area contributed by atoms with Crippen molar-refractivity contribution in [1.29, 1.82) is 0 Å². The van der Waals surface area contributed by atoms with Gasteiger partial charge >= 0.3 is 0 Å². The van der Waals surface area contributed by atoms with Crippen LogP contribution in [0.4, 0.5) is 8.78 Å². The van der Waals surface area contributed by atoms with Crippen LogP contribution in [0.25, 0.3) is 0 Å². The molecule has 3 unspecified atom stereocenters. The molecule has 0 saturated carbocycles. The smallest absolute Gasteiger partial charge is 0.253 e. The highest BCUT2D eigenvalue weighted by molar-refractivity contribution is 4.78. The maximum atomic E-state index is 12.2. The molecule has 1 saturated heterocycles. The van der Waals surface area contributed by atoms with Gasteiger partial charge in [0.15, 0.2) is 0 Å². The largest absolute Gasteiger partial charge is 0.378 e. The fraction of sp³-hybridized carbons (Fsp3) is 1.00. The third-order valence-corrected chi connectivity index (χ3v) is 2.36. The molecule has 1 N–H and O–H groups in total. The predicted molar refractivity (Wildman–Crippen MR) is 47.0 cm³/mol. The average Bonchev–Trinajstić information content (AvgIpc) is 2.04.